The molecule has 1 fully saturated rings. The summed E-state index contributed by atoms with van der Waals surface area (Å²) >= 11 is 5.54. The number of benzene rings is 1. The number of hydrogen-bond donors (Lipinski definition) is 0. The van der Waals surface area contributed by atoms with Crippen LogP contribution in [-0.2, 0) is 11.0 Å². The van der Waals surface area contributed by atoms with Gasteiger partial charge in [0.05, 0.1) is 22.7 Å². The van der Waals surface area contributed by atoms with Crippen LogP contribution in [-0.4, -0.2) is 34.4 Å². The number of carbonyl (C=O) groups is 1. The van der Waals surface area contributed by atoms with Crippen LogP contribution in [0.25, 0.3) is 0 Å². The molecular weight excluding hydrogens is 363 g/mol. The summed E-state index contributed by atoms with van der Waals surface area (Å²) in [5.74, 6) is 0. The minimum absolute atomic E-state index is 0.111. The molecule has 0 amide bonds. The van der Waals surface area contributed by atoms with Crippen molar-refractivity contribution in [1.29, 1.82) is 5.26 Å². The van der Waals surface area contributed by atoms with Crippen molar-refractivity contribution in [3.8, 4) is 6.07 Å². The number of hydrogen-bond acceptors (Lipinski definition) is 3. The number of aldehydes is 1. The highest BCUT2D eigenvalue weighted by molar-refractivity contribution is 7.80. The summed E-state index contributed by atoms with van der Waals surface area (Å²) in [7, 11) is 0. The molecule has 0 N–H and O–H groups in total. The fraction of sp³-hybridized carbons (Fsp3) is 0.500. The van der Waals surface area contributed by atoms with Crippen LogP contribution in [0.2, 0.25) is 0 Å². The van der Waals surface area contributed by atoms with Crippen LogP contribution < -0.4 is 4.90 Å². The Kier molecular flexibility index (Phi) is 5.61. The molecule has 4 nitrogen and oxygen atoms in total. The van der Waals surface area contributed by atoms with Crippen molar-refractivity contribution >= 4 is 29.3 Å². The van der Waals surface area contributed by atoms with Gasteiger partial charge in [0.25, 0.3) is 0 Å². The summed E-state index contributed by atoms with van der Waals surface area (Å²) in [4.78, 5) is 14.6. The molecule has 0 aromatic heterocycles. The first-order chi connectivity index (χ1) is 12.1. The van der Waals surface area contributed by atoms with Crippen LogP contribution in [0, 0.1) is 11.3 Å². The van der Waals surface area contributed by atoms with Crippen molar-refractivity contribution in [2.45, 2.75) is 51.4 Å². The molecule has 2 rings (SSSR count). The van der Waals surface area contributed by atoms with E-state index >= 15 is 0 Å². The Morgan fingerprint density at radius 1 is 1.42 bits per heavy atom. The maximum atomic E-state index is 13.3. The smallest absolute Gasteiger partial charge is 0.339 e. The molecule has 0 spiro atoms. The minimum atomic E-state index is -4.62. The van der Waals surface area contributed by atoms with Crippen molar-refractivity contribution in [3.63, 3.8) is 0 Å². The van der Waals surface area contributed by atoms with Crippen molar-refractivity contribution in [1.82, 2.24) is 4.90 Å². The number of thiocarbonyl (C=S) groups is 1. The lowest BCUT2D eigenvalue weighted by molar-refractivity contribution is -0.137. The van der Waals surface area contributed by atoms with E-state index < -0.39 is 22.8 Å². The SMILES string of the molecule is CCC(CC=O)N1C(=S)N(c2ccc(C#N)c(C(F)(F)F)c2)CC1(C)C. The van der Waals surface area contributed by atoms with Gasteiger partial charge in [0.2, 0.25) is 0 Å². The highest BCUT2D eigenvalue weighted by Crippen LogP contribution is 2.38. The molecule has 8 heteroatoms. The van der Waals surface area contributed by atoms with Gasteiger partial charge in [-0.1, -0.05) is 6.92 Å². The van der Waals surface area contributed by atoms with Gasteiger partial charge < -0.3 is 14.6 Å². The van der Waals surface area contributed by atoms with Gasteiger partial charge in [-0.05, 0) is 50.7 Å². The molecule has 1 atom stereocenters. The third-order valence-corrected chi connectivity index (χ3v) is 5.00. The molecular formula is C18H20F3N3OS. The first-order valence-corrected chi connectivity index (χ1v) is 8.63. The summed E-state index contributed by atoms with van der Waals surface area (Å²) in [6, 6.07) is 5.07. The summed E-state index contributed by atoms with van der Waals surface area (Å²) in [5, 5.41) is 9.34. The summed E-state index contributed by atoms with van der Waals surface area (Å²) < 4.78 is 39.8. The molecule has 0 aliphatic carbocycles. The van der Waals surface area contributed by atoms with Gasteiger partial charge in [-0.15, -0.1) is 0 Å². The van der Waals surface area contributed by atoms with Gasteiger partial charge in [0.15, 0.2) is 5.11 Å². The molecule has 1 heterocycles. The lowest BCUT2D eigenvalue weighted by Crippen LogP contribution is -2.48. The Morgan fingerprint density at radius 3 is 2.58 bits per heavy atom. The van der Waals surface area contributed by atoms with Gasteiger partial charge in [-0.3, -0.25) is 0 Å². The van der Waals surface area contributed by atoms with Crippen molar-refractivity contribution in [3.05, 3.63) is 29.3 Å². The van der Waals surface area contributed by atoms with E-state index in [0.717, 1.165) is 12.4 Å². The molecule has 1 aromatic carbocycles. The van der Waals surface area contributed by atoms with Crippen molar-refractivity contribution in [2.24, 2.45) is 0 Å². The molecule has 1 aromatic rings. The molecule has 0 saturated carbocycles. The lowest BCUT2D eigenvalue weighted by atomic mass is 10.00. The fourth-order valence-electron chi connectivity index (χ4n) is 3.37. The third kappa shape index (κ3) is 3.68. The fourth-order valence-corrected chi connectivity index (χ4v) is 3.94. The molecule has 0 bridgehead atoms. The first kappa shape index (κ1) is 20.2. The highest BCUT2D eigenvalue weighted by atomic mass is 32.1. The predicted octanol–water partition coefficient (Wildman–Crippen LogP) is 4.13. The third-order valence-electron chi connectivity index (χ3n) is 4.58. The van der Waals surface area contributed by atoms with E-state index in [1.54, 1.807) is 11.0 Å². The van der Waals surface area contributed by atoms with Crippen LogP contribution in [0.1, 0.15) is 44.7 Å². The van der Waals surface area contributed by atoms with E-state index in [1.165, 1.54) is 12.1 Å². The Balaban J connectivity index is 2.46. The molecule has 1 unspecified atom stereocenters. The number of anilines is 1. The Bertz CT molecular complexity index is 755. The second kappa shape index (κ2) is 7.23. The standard InChI is InChI=1S/C18H20F3N3OS/c1-4-13(7-8-25)24-16(26)23(11-17(24,2)3)14-6-5-12(10-22)15(9-14)18(19,20)21/h5-6,8-9,13H,4,7,11H2,1-3H3. The van der Waals surface area contributed by atoms with Crippen LogP contribution in [0.15, 0.2) is 18.2 Å². The minimum Gasteiger partial charge on any atom is -0.339 e. The second-order valence-corrected chi connectivity index (χ2v) is 7.22. The largest absolute Gasteiger partial charge is 0.417 e. The van der Waals surface area contributed by atoms with E-state index in [1.807, 2.05) is 25.7 Å². The highest BCUT2D eigenvalue weighted by Gasteiger charge is 2.44. The van der Waals surface area contributed by atoms with Gasteiger partial charge >= 0.3 is 6.18 Å². The maximum absolute atomic E-state index is 13.3. The van der Waals surface area contributed by atoms with E-state index in [0.29, 0.717) is 24.5 Å². The molecule has 1 aliphatic rings. The van der Waals surface area contributed by atoms with Crippen LogP contribution in [0.3, 0.4) is 0 Å². The van der Waals surface area contributed by atoms with E-state index in [4.69, 9.17) is 17.5 Å². The lowest BCUT2D eigenvalue weighted by Gasteiger charge is -2.37. The average Bonchev–Trinajstić information content (AvgIpc) is 2.81. The van der Waals surface area contributed by atoms with Gasteiger partial charge in [0.1, 0.15) is 6.29 Å². The van der Waals surface area contributed by atoms with Crippen molar-refractivity contribution < 1.29 is 18.0 Å². The number of alkyl halides is 3. The van der Waals surface area contributed by atoms with Gasteiger partial charge in [-0.2, -0.15) is 18.4 Å². The van der Waals surface area contributed by atoms with E-state index in [-0.39, 0.29) is 11.7 Å². The summed E-state index contributed by atoms with van der Waals surface area (Å²) in [5.41, 5.74) is -1.54. The molecule has 1 aliphatic heterocycles. The first-order valence-electron chi connectivity index (χ1n) is 8.22. The van der Waals surface area contributed by atoms with Crippen LogP contribution in [0.4, 0.5) is 18.9 Å². The monoisotopic (exact) mass is 383 g/mol. The summed E-state index contributed by atoms with van der Waals surface area (Å²) in [6.07, 6.45) is -2.80. The molecule has 0 radical (unpaired) electrons. The number of rotatable bonds is 5. The van der Waals surface area contributed by atoms with Crippen LogP contribution >= 0.6 is 12.2 Å². The zero-order chi connectivity index (χ0) is 19.7. The molecule has 1 saturated heterocycles. The zero-order valence-corrected chi connectivity index (χ0v) is 15.6. The van der Waals surface area contributed by atoms with Crippen LogP contribution in [0.5, 0.6) is 0 Å². The Morgan fingerprint density at radius 2 is 2.08 bits per heavy atom. The maximum Gasteiger partial charge on any atom is 0.417 e. The quantitative estimate of drug-likeness (QED) is 0.565. The van der Waals surface area contributed by atoms with Gasteiger partial charge in [-0.25, -0.2) is 0 Å². The number of nitriles is 1. The summed E-state index contributed by atoms with van der Waals surface area (Å²) in [6.45, 7) is 6.23. The normalized spacial score (nSPS) is 18.0. The van der Waals surface area contributed by atoms with E-state index in [2.05, 4.69) is 0 Å². The average molecular weight is 383 g/mol. The van der Waals surface area contributed by atoms with Crippen molar-refractivity contribution in [2.75, 3.05) is 11.4 Å². The Labute approximate surface area is 156 Å². The Hall–Kier alpha value is -2.14. The van der Waals surface area contributed by atoms with E-state index in [9.17, 15) is 18.0 Å². The topological polar surface area (TPSA) is 47.3 Å². The molecule has 140 valence electrons. The zero-order valence-electron chi connectivity index (χ0n) is 14.8. The number of halogens is 3. The van der Waals surface area contributed by atoms with Gasteiger partial charge in [0, 0.05) is 24.7 Å². The molecule has 26 heavy (non-hydrogen) atoms. The second-order valence-electron chi connectivity index (χ2n) is 6.86. The predicted molar refractivity (Wildman–Crippen MR) is 96.8 cm³/mol. The number of nitrogens with zero attached hydrogens (tertiary/aromatic N) is 3. The number of carbonyl (C=O) groups excluding carboxylic acids is 1.